The minimum absolute atomic E-state index is 0.312. The molecule has 0 saturated heterocycles. The highest BCUT2D eigenvalue weighted by Gasteiger charge is 2.13. The molecule has 0 radical (unpaired) electrons. The predicted molar refractivity (Wildman–Crippen MR) is 58.3 cm³/mol. The van der Waals surface area contributed by atoms with Crippen molar-refractivity contribution in [3.63, 3.8) is 0 Å². The Balaban J connectivity index is 2.58. The van der Waals surface area contributed by atoms with E-state index in [-0.39, 0.29) is 6.61 Å². The molecule has 1 rings (SSSR count). The first-order valence-electron chi connectivity index (χ1n) is 3.99. The second-order valence-electron chi connectivity index (χ2n) is 2.74. The quantitative estimate of drug-likeness (QED) is 0.890. The molecule has 1 aromatic carbocycles. The van der Waals surface area contributed by atoms with E-state index in [2.05, 4.69) is 15.9 Å². The molecule has 0 aliphatic rings. The number of aliphatic hydroxyl groups excluding tert-OH is 1. The number of aliphatic hydroxyl groups is 1. The second kappa shape index (κ2) is 5.34. The summed E-state index contributed by atoms with van der Waals surface area (Å²) in [5.74, 6) is -0.915. The Morgan fingerprint density at radius 3 is 2.80 bits per heavy atom. The zero-order valence-corrected chi connectivity index (χ0v) is 9.83. The summed E-state index contributed by atoms with van der Waals surface area (Å²) in [5.41, 5.74) is 0. The van der Waals surface area contributed by atoms with Gasteiger partial charge in [-0.3, -0.25) is 0 Å². The van der Waals surface area contributed by atoms with Crippen molar-refractivity contribution in [2.24, 2.45) is 0 Å². The van der Waals surface area contributed by atoms with Gasteiger partial charge in [-0.1, -0.05) is 11.6 Å². The van der Waals surface area contributed by atoms with Crippen LogP contribution in [0.5, 0.6) is 5.75 Å². The number of ether oxygens (including phenoxy) is 1. The first-order chi connectivity index (χ1) is 7.00. The Morgan fingerprint density at radius 2 is 2.27 bits per heavy atom. The van der Waals surface area contributed by atoms with Gasteiger partial charge in [0.25, 0.3) is 0 Å². The number of benzene rings is 1. The lowest BCUT2D eigenvalue weighted by Gasteiger charge is -2.09. The predicted octanol–water partition coefficient (Wildman–Crippen LogP) is 1.93. The number of hydrogen-bond acceptors (Lipinski definition) is 3. The number of halogens is 2. The van der Waals surface area contributed by atoms with Gasteiger partial charge < -0.3 is 14.9 Å². The highest BCUT2D eigenvalue weighted by atomic mass is 79.9. The third-order valence-electron chi connectivity index (χ3n) is 1.58. The molecule has 0 aromatic heterocycles. The summed E-state index contributed by atoms with van der Waals surface area (Å²) >= 11 is 8.99. The molecule has 0 amide bonds. The third-order valence-corrected chi connectivity index (χ3v) is 2.82. The molecule has 0 fully saturated rings. The lowest BCUT2D eigenvalue weighted by molar-refractivity contribution is -0.148. The fourth-order valence-corrected chi connectivity index (χ4v) is 1.23. The van der Waals surface area contributed by atoms with Crippen LogP contribution < -0.4 is 4.74 Å². The molecule has 1 atom stereocenters. The van der Waals surface area contributed by atoms with Crippen molar-refractivity contribution in [1.82, 2.24) is 0 Å². The molecule has 82 valence electrons. The van der Waals surface area contributed by atoms with Gasteiger partial charge in [-0.05, 0) is 34.1 Å². The lowest BCUT2D eigenvalue weighted by atomic mass is 10.3. The van der Waals surface area contributed by atoms with Gasteiger partial charge in [0, 0.05) is 4.47 Å². The molecule has 15 heavy (non-hydrogen) atoms. The van der Waals surface area contributed by atoms with Crippen LogP contribution in [0, 0.1) is 0 Å². The summed E-state index contributed by atoms with van der Waals surface area (Å²) in [6.07, 6.45) is -1.53. The van der Waals surface area contributed by atoms with Crippen molar-refractivity contribution >= 4 is 33.5 Å². The average Bonchev–Trinajstić information content (AvgIpc) is 2.19. The molecule has 1 aromatic rings. The Bertz CT molecular complexity index is 369. The molecule has 0 bridgehead atoms. The molecule has 4 nitrogen and oxygen atoms in total. The summed E-state index contributed by atoms with van der Waals surface area (Å²) in [5, 5.41) is 17.8. The Kier molecular flexibility index (Phi) is 4.38. The van der Waals surface area contributed by atoms with Crippen LogP contribution >= 0.6 is 27.5 Å². The van der Waals surface area contributed by atoms with Gasteiger partial charge in [-0.15, -0.1) is 0 Å². The van der Waals surface area contributed by atoms with Gasteiger partial charge in [-0.2, -0.15) is 0 Å². The van der Waals surface area contributed by atoms with E-state index < -0.39 is 12.1 Å². The molecule has 0 aliphatic carbocycles. The van der Waals surface area contributed by atoms with Crippen LogP contribution in [0.3, 0.4) is 0 Å². The summed E-state index contributed by atoms with van der Waals surface area (Å²) in [4.78, 5) is 10.3. The van der Waals surface area contributed by atoms with Crippen molar-refractivity contribution in [3.05, 3.63) is 27.7 Å². The van der Waals surface area contributed by atoms with Gasteiger partial charge in [0.15, 0.2) is 6.10 Å². The standard InChI is InChI=1S/C9H8BrClO4/c10-6-2-1-5(3-7(6)11)15-4-8(12)9(13)14/h1-3,8,12H,4H2,(H,13,14)/t8-/m1/s1. The van der Waals surface area contributed by atoms with Crippen molar-refractivity contribution in [1.29, 1.82) is 0 Å². The topological polar surface area (TPSA) is 66.8 Å². The van der Waals surface area contributed by atoms with Crippen molar-refractivity contribution in [3.8, 4) is 5.75 Å². The normalized spacial score (nSPS) is 12.2. The minimum Gasteiger partial charge on any atom is -0.490 e. The number of carboxylic acid groups (broad SMARTS) is 1. The number of hydrogen-bond donors (Lipinski definition) is 2. The van der Waals surface area contributed by atoms with E-state index in [1.54, 1.807) is 12.1 Å². The van der Waals surface area contributed by atoms with Crippen LogP contribution in [-0.4, -0.2) is 28.9 Å². The monoisotopic (exact) mass is 294 g/mol. The van der Waals surface area contributed by atoms with Gasteiger partial charge in [0.05, 0.1) is 5.02 Å². The van der Waals surface area contributed by atoms with Crippen LogP contribution in [0.15, 0.2) is 22.7 Å². The van der Waals surface area contributed by atoms with E-state index in [9.17, 15) is 4.79 Å². The van der Waals surface area contributed by atoms with Crippen LogP contribution in [-0.2, 0) is 4.79 Å². The molecule has 0 aliphatic heterocycles. The molecule has 6 heteroatoms. The van der Waals surface area contributed by atoms with E-state index in [1.807, 2.05) is 0 Å². The van der Waals surface area contributed by atoms with Crippen molar-refractivity contribution in [2.45, 2.75) is 6.10 Å². The Labute approximate surface area is 99.6 Å². The molecular formula is C9H8BrClO4. The largest absolute Gasteiger partial charge is 0.490 e. The van der Waals surface area contributed by atoms with Crippen LogP contribution in [0.1, 0.15) is 0 Å². The van der Waals surface area contributed by atoms with Crippen LogP contribution in [0.4, 0.5) is 0 Å². The minimum atomic E-state index is -1.53. The zero-order valence-electron chi connectivity index (χ0n) is 7.48. The molecule has 0 unspecified atom stereocenters. The van der Waals surface area contributed by atoms with Gasteiger partial charge in [0.1, 0.15) is 12.4 Å². The fourth-order valence-electron chi connectivity index (χ4n) is 0.813. The molecule has 2 N–H and O–H groups in total. The van der Waals surface area contributed by atoms with Gasteiger partial charge in [-0.25, -0.2) is 4.79 Å². The summed E-state index contributed by atoms with van der Waals surface area (Å²) in [6.45, 7) is -0.312. The van der Waals surface area contributed by atoms with Crippen molar-refractivity contribution < 1.29 is 19.7 Å². The van der Waals surface area contributed by atoms with E-state index in [4.69, 9.17) is 26.6 Å². The smallest absolute Gasteiger partial charge is 0.336 e. The first-order valence-corrected chi connectivity index (χ1v) is 5.16. The Hall–Kier alpha value is -0.780. The van der Waals surface area contributed by atoms with E-state index in [0.29, 0.717) is 10.8 Å². The van der Waals surface area contributed by atoms with Gasteiger partial charge >= 0.3 is 5.97 Å². The SMILES string of the molecule is O=C(O)[C@H](O)COc1ccc(Br)c(Cl)c1. The Morgan fingerprint density at radius 1 is 1.60 bits per heavy atom. The first kappa shape index (κ1) is 12.3. The number of carboxylic acids is 1. The van der Waals surface area contributed by atoms with Gasteiger partial charge in [0.2, 0.25) is 0 Å². The average molecular weight is 296 g/mol. The number of aliphatic carboxylic acids is 1. The summed E-state index contributed by atoms with van der Waals surface area (Å²) in [7, 11) is 0. The third kappa shape index (κ3) is 3.70. The van der Waals surface area contributed by atoms with Crippen LogP contribution in [0.2, 0.25) is 5.02 Å². The molecule has 0 saturated carbocycles. The summed E-state index contributed by atoms with van der Waals surface area (Å²) in [6, 6.07) is 4.82. The maximum absolute atomic E-state index is 10.3. The van der Waals surface area contributed by atoms with E-state index >= 15 is 0 Å². The highest BCUT2D eigenvalue weighted by molar-refractivity contribution is 9.10. The number of carbonyl (C=O) groups is 1. The zero-order chi connectivity index (χ0) is 11.4. The maximum atomic E-state index is 10.3. The summed E-state index contributed by atoms with van der Waals surface area (Å²) < 4.78 is 5.75. The van der Waals surface area contributed by atoms with Crippen molar-refractivity contribution in [2.75, 3.05) is 6.61 Å². The molecule has 0 spiro atoms. The van der Waals surface area contributed by atoms with Crippen LogP contribution in [0.25, 0.3) is 0 Å². The molecular weight excluding hydrogens is 287 g/mol. The maximum Gasteiger partial charge on any atom is 0.336 e. The van der Waals surface area contributed by atoms with E-state index in [1.165, 1.54) is 6.07 Å². The molecule has 0 heterocycles. The fraction of sp³-hybridized carbons (Fsp3) is 0.222. The van der Waals surface area contributed by atoms with E-state index in [0.717, 1.165) is 4.47 Å². The number of rotatable bonds is 4. The second-order valence-corrected chi connectivity index (χ2v) is 4.00. The highest BCUT2D eigenvalue weighted by Crippen LogP contribution is 2.26. The lowest BCUT2D eigenvalue weighted by Crippen LogP contribution is -2.26.